The largest absolute Gasteiger partial charge is 0.345 e. The molecule has 0 aliphatic heterocycles. The number of fused-ring (bicyclic) bond motifs is 1. The van der Waals surface area contributed by atoms with Crippen molar-refractivity contribution < 1.29 is 0 Å². The third-order valence-electron chi connectivity index (χ3n) is 4.23. The first-order valence-corrected chi connectivity index (χ1v) is 8.87. The van der Waals surface area contributed by atoms with Crippen molar-refractivity contribution in [1.29, 1.82) is 5.26 Å². The van der Waals surface area contributed by atoms with Crippen LogP contribution in [-0.2, 0) is 0 Å². The van der Waals surface area contributed by atoms with Crippen molar-refractivity contribution in [2.75, 3.05) is 12.4 Å². The average molecular weight is 370 g/mol. The van der Waals surface area contributed by atoms with Gasteiger partial charge < -0.3 is 10.3 Å². The van der Waals surface area contributed by atoms with Crippen LogP contribution >= 0.6 is 0 Å². The SMILES string of the molecule is C=C(C)C=C(C)C(=NC)Nc1cc(-c2cccc(C)n2)c2c(C#N)c[nH]c2n1. The normalized spacial score (nSPS) is 12.1. The van der Waals surface area contributed by atoms with Crippen LogP contribution in [0, 0.1) is 18.3 Å². The van der Waals surface area contributed by atoms with Gasteiger partial charge in [0, 0.05) is 29.9 Å². The minimum Gasteiger partial charge on any atom is -0.345 e. The zero-order valence-electron chi connectivity index (χ0n) is 16.5. The summed E-state index contributed by atoms with van der Waals surface area (Å²) in [4.78, 5) is 16.7. The van der Waals surface area contributed by atoms with Gasteiger partial charge in [0.25, 0.3) is 0 Å². The van der Waals surface area contributed by atoms with Crippen molar-refractivity contribution in [3.8, 4) is 17.3 Å². The van der Waals surface area contributed by atoms with Gasteiger partial charge >= 0.3 is 0 Å². The van der Waals surface area contributed by atoms with Crippen LogP contribution in [0.2, 0.25) is 0 Å². The number of rotatable bonds is 4. The molecule has 0 aromatic carbocycles. The average Bonchev–Trinajstić information content (AvgIpc) is 3.07. The van der Waals surface area contributed by atoms with Gasteiger partial charge in [0.1, 0.15) is 23.4 Å². The van der Waals surface area contributed by atoms with E-state index in [0.29, 0.717) is 22.9 Å². The second kappa shape index (κ2) is 7.89. The summed E-state index contributed by atoms with van der Waals surface area (Å²) in [6.07, 6.45) is 3.63. The number of H-pyrrole nitrogens is 1. The molecule has 0 atom stereocenters. The fourth-order valence-electron chi connectivity index (χ4n) is 3.07. The molecular weight excluding hydrogens is 348 g/mol. The van der Waals surface area contributed by atoms with Gasteiger partial charge in [-0.3, -0.25) is 9.98 Å². The Labute approximate surface area is 164 Å². The Morgan fingerprint density at radius 1 is 1.32 bits per heavy atom. The molecule has 0 spiro atoms. The van der Waals surface area contributed by atoms with Crippen molar-refractivity contribution in [1.82, 2.24) is 15.0 Å². The number of nitriles is 1. The summed E-state index contributed by atoms with van der Waals surface area (Å²) in [6, 6.07) is 9.95. The molecule has 28 heavy (non-hydrogen) atoms. The number of aliphatic imine (C=N–C) groups is 1. The molecule has 140 valence electrons. The minimum atomic E-state index is 0.537. The van der Waals surface area contributed by atoms with Crippen LogP contribution in [0.5, 0.6) is 0 Å². The van der Waals surface area contributed by atoms with Crippen LogP contribution in [0.1, 0.15) is 25.1 Å². The van der Waals surface area contributed by atoms with Gasteiger partial charge in [0.15, 0.2) is 0 Å². The number of aromatic nitrogens is 3. The highest BCUT2D eigenvalue weighted by molar-refractivity contribution is 6.08. The van der Waals surface area contributed by atoms with Gasteiger partial charge in [0.05, 0.1) is 11.3 Å². The summed E-state index contributed by atoms with van der Waals surface area (Å²) >= 11 is 0. The summed E-state index contributed by atoms with van der Waals surface area (Å²) in [6.45, 7) is 9.76. The lowest BCUT2D eigenvalue weighted by atomic mass is 10.1. The first-order valence-electron chi connectivity index (χ1n) is 8.87. The Hall–Kier alpha value is -3.72. The summed E-state index contributed by atoms with van der Waals surface area (Å²) < 4.78 is 0. The van der Waals surface area contributed by atoms with Crippen molar-refractivity contribution in [3.05, 3.63) is 65.5 Å². The maximum atomic E-state index is 9.49. The number of amidine groups is 1. The number of hydrogen-bond donors (Lipinski definition) is 2. The lowest BCUT2D eigenvalue weighted by molar-refractivity contribution is 1.20. The van der Waals surface area contributed by atoms with Crippen LogP contribution in [-0.4, -0.2) is 27.8 Å². The monoisotopic (exact) mass is 370 g/mol. The number of anilines is 1. The molecule has 0 aliphatic rings. The van der Waals surface area contributed by atoms with Gasteiger partial charge in [-0.15, -0.1) is 0 Å². The van der Waals surface area contributed by atoms with E-state index in [9.17, 15) is 5.26 Å². The van der Waals surface area contributed by atoms with E-state index in [0.717, 1.165) is 33.5 Å². The third kappa shape index (κ3) is 3.84. The van der Waals surface area contributed by atoms with E-state index < -0.39 is 0 Å². The zero-order valence-corrected chi connectivity index (χ0v) is 16.5. The van der Waals surface area contributed by atoms with Gasteiger partial charge in [-0.05, 0) is 44.5 Å². The highest BCUT2D eigenvalue weighted by Crippen LogP contribution is 2.31. The van der Waals surface area contributed by atoms with E-state index in [-0.39, 0.29) is 0 Å². The molecule has 0 amide bonds. The Kier molecular flexibility index (Phi) is 5.37. The number of aryl methyl sites for hydroxylation is 1. The maximum absolute atomic E-state index is 9.49. The van der Waals surface area contributed by atoms with Crippen molar-refractivity contribution in [2.45, 2.75) is 20.8 Å². The number of allylic oxidation sites excluding steroid dienone is 2. The molecule has 0 unspecified atom stereocenters. The zero-order chi connectivity index (χ0) is 20.3. The highest BCUT2D eigenvalue weighted by atomic mass is 15.1. The van der Waals surface area contributed by atoms with Crippen molar-refractivity contribution in [3.63, 3.8) is 0 Å². The standard InChI is InChI=1S/C22H22N6/c1-13(2)9-14(3)21(24-5)27-19-10-17(18-8-6-7-15(4)26-18)20-16(11-23)12-25-22(20)28-19/h6-10,12H,1H2,2-5H3,(H2,24,25,27,28). The Morgan fingerprint density at radius 3 is 2.75 bits per heavy atom. The second-order valence-electron chi connectivity index (χ2n) is 6.63. The molecule has 3 heterocycles. The lowest BCUT2D eigenvalue weighted by Gasteiger charge is -2.12. The predicted octanol–water partition coefficient (Wildman–Crippen LogP) is 4.77. The minimum absolute atomic E-state index is 0.537. The number of nitrogens with one attached hydrogen (secondary N) is 2. The Balaban J connectivity index is 2.16. The van der Waals surface area contributed by atoms with Crippen LogP contribution in [0.4, 0.5) is 5.82 Å². The van der Waals surface area contributed by atoms with Crippen LogP contribution in [0.25, 0.3) is 22.3 Å². The van der Waals surface area contributed by atoms with Gasteiger partial charge in [-0.25, -0.2) is 4.98 Å². The van der Waals surface area contributed by atoms with E-state index in [2.05, 4.69) is 37.9 Å². The van der Waals surface area contributed by atoms with E-state index in [1.165, 1.54) is 0 Å². The molecular formula is C22H22N6. The van der Waals surface area contributed by atoms with E-state index in [4.69, 9.17) is 0 Å². The summed E-state index contributed by atoms with van der Waals surface area (Å²) in [5.74, 6) is 1.32. The summed E-state index contributed by atoms with van der Waals surface area (Å²) in [7, 11) is 1.72. The number of nitrogens with zero attached hydrogens (tertiary/aromatic N) is 4. The number of hydrogen-bond acceptors (Lipinski definition) is 4. The van der Waals surface area contributed by atoms with Crippen molar-refractivity contribution in [2.24, 2.45) is 4.99 Å². The van der Waals surface area contributed by atoms with E-state index in [1.54, 1.807) is 13.2 Å². The lowest BCUT2D eigenvalue weighted by Crippen LogP contribution is -2.14. The quantitative estimate of drug-likeness (QED) is 0.393. The third-order valence-corrected chi connectivity index (χ3v) is 4.23. The van der Waals surface area contributed by atoms with Gasteiger partial charge in [0.2, 0.25) is 0 Å². The topological polar surface area (TPSA) is 89.8 Å². The molecule has 6 heteroatoms. The first-order chi connectivity index (χ1) is 13.4. The smallest absolute Gasteiger partial charge is 0.141 e. The molecule has 0 saturated carbocycles. The first kappa shape index (κ1) is 19.1. The Morgan fingerprint density at radius 2 is 2.11 bits per heavy atom. The predicted molar refractivity (Wildman–Crippen MR) is 114 cm³/mol. The highest BCUT2D eigenvalue weighted by Gasteiger charge is 2.15. The molecule has 0 aliphatic carbocycles. The van der Waals surface area contributed by atoms with Gasteiger partial charge in [-0.2, -0.15) is 5.26 Å². The molecule has 0 saturated heterocycles. The molecule has 6 nitrogen and oxygen atoms in total. The van der Waals surface area contributed by atoms with Crippen molar-refractivity contribution >= 4 is 22.7 Å². The summed E-state index contributed by atoms with van der Waals surface area (Å²) in [5.41, 5.74) is 5.59. The molecule has 3 aromatic heterocycles. The Bertz CT molecular complexity index is 1160. The van der Waals surface area contributed by atoms with E-state index >= 15 is 0 Å². The number of pyridine rings is 2. The van der Waals surface area contributed by atoms with Gasteiger partial charge in [-0.1, -0.05) is 24.3 Å². The summed E-state index contributed by atoms with van der Waals surface area (Å²) in [5, 5.41) is 13.5. The molecule has 3 aromatic rings. The van der Waals surface area contributed by atoms with Crippen LogP contribution < -0.4 is 5.32 Å². The van der Waals surface area contributed by atoms with E-state index in [1.807, 2.05) is 51.1 Å². The fourth-order valence-corrected chi connectivity index (χ4v) is 3.07. The fraction of sp³-hybridized carbons (Fsp3) is 0.182. The molecule has 3 rings (SSSR count). The second-order valence-corrected chi connectivity index (χ2v) is 6.63. The molecule has 2 N–H and O–H groups in total. The molecule has 0 bridgehead atoms. The molecule has 0 fully saturated rings. The number of aromatic amines is 1. The maximum Gasteiger partial charge on any atom is 0.141 e. The van der Waals surface area contributed by atoms with Crippen LogP contribution in [0.3, 0.4) is 0 Å². The molecule has 0 radical (unpaired) electrons. The van der Waals surface area contributed by atoms with Crippen LogP contribution in [0.15, 0.2) is 59.3 Å².